The Morgan fingerprint density at radius 3 is 2.83 bits per heavy atom. The third-order valence-corrected chi connectivity index (χ3v) is 4.09. The number of sulfone groups is 1. The van der Waals surface area contributed by atoms with Gasteiger partial charge in [-0.15, -0.1) is 0 Å². The molecule has 0 unspecified atom stereocenters. The first kappa shape index (κ1) is 17.0. The fraction of sp³-hybridized carbons (Fsp3) is 0.333. The van der Waals surface area contributed by atoms with Gasteiger partial charge in [0.05, 0.1) is 11.9 Å². The molecule has 0 radical (unpaired) electrons. The van der Waals surface area contributed by atoms with Crippen LogP contribution in [-0.4, -0.2) is 49.7 Å². The highest BCUT2D eigenvalue weighted by Crippen LogP contribution is 2.25. The van der Waals surface area contributed by atoms with E-state index < -0.39 is 9.84 Å². The largest absolute Gasteiger partial charge is 0.484 e. The van der Waals surface area contributed by atoms with Crippen molar-refractivity contribution in [2.24, 2.45) is 0 Å². The lowest BCUT2D eigenvalue weighted by atomic mass is 10.1. The molecule has 1 aromatic heterocycles. The normalized spacial score (nSPS) is 11.2. The Hall–Kier alpha value is -2.35. The van der Waals surface area contributed by atoms with E-state index >= 15 is 0 Å². The molecule has 0 aliphatic heterocycles. The second kappa shape index (κ2) is 7.28. The molecular formula is C15H19N3O4S. The molecule has 0 aliphatic carbocycles. The molecule has 0 spiro atoms. The average molecular weight is 337 g/mol. The summed E-state index contributed by atoms with van der Waals surface area (Å²) in [4.78, 5) is 11.6. The minimum atomic E-state index is -3.09. The maximum absolute atomic E-state index is 11.6. The van der Waals surface area contributed by atoms with Crippen molar-refractivity contribution in [3.05, 3.63) is 36.2 Å². The van der Waals surface area contributed by atoms with Crippen LogP contribution in [0.3, 0.4) is 0 Å². The molecular weight excluding hydrogens is 318 g/mol. The van der Waals surface area contributed by atoms with E-state index in [0.29, 0.717) is 5.75 Å². The van der Waals surface area contributed by atoms with Crippen molar-refractivity contribution in [3.8, 4) is 16.9 Å². The molecule has 0 fully saturated rings. The van der Waals surface area contributed by atoms with Gasteiger partial charge in [0.1, 0.15) is 15.6 Å². The van der Waals surface area contributed by atoms with Crippen LogP contribution in [0.4, 0.5) is 0 Å². The minimum Gasteiger partial charge on any atom is -0.484 e. The Balaban J connectivity index is 1.89. The number of amides is 1. The van der Waals surface area contributed by atoms with E-state index in [1.165, 1.54) is 0 Å². The SMILES string of the molecule is Cc1[nH]ncc1-c1cccc(OCC(=O)NCCS(C)(=O)=O)c1. The molecule has 0 saturated heterocycles. The molecule has 2 N–H and O–H groups in total. The Kier molecular flexibility index (Phi) is 5.38. The minimum absolute atomic E-state index is 0.0787. The zero-order valence-electron chi connectivity index (χ0n) is 13.0. The molecule has 2 aromatic rings. The van der Waals surface area contributed by atoms with Crippen molar-refractivity contribution < 1.29 is 17.9 Å². The quantitative estimate of drug-likeness (QED) is 0.782. The standard InChI is InChI=1S/C15H19N3O4S/c1-11-14(9-17-18-11)12-4-3-5-13(8-12)22-10-15(19)16-6-7-23(2,20)21/h3-5,8-9H,6-7,10H2,1-2H3,(H,16,19)(H,17,18). The van der Waals surface area contributed by atoms with Crippen LogP contribution in [0.5, 0.6) is 5.75 Å². The van der Waals surface area contributed by atoms with Gasteiger partial charge in [0, 0.05) is 24.1 Å². The number of aromatic nitrogens is 2. The van der Waals surface area contributed by atoms with E-state index in [4.69, 9.17) is 4.74 Å². The van der Waals surface area contributed by atoms with E-state index in [0.717, 1.165) is 23.1 Å². The molecule has 0 saturated carbocycles. The number of aryl methyl sites for hydroxylation is 1. The van der Waals surface area contributed by atoms with E-state index in [9.17, 15) is 13.2 Å². The Labute approximate surface area is 135 Å². The van der Waals surface area contributed by atoms with Crippen molar-refractivity contribution in [3.63, 3.8) is 0 Å². The van der Waals surface area contributed by atoms with E-state index in [1.54, 1.807) is 12.3 Å². The molecule has 7 nitrogen and oxygen atoms in total. The van der Waals surface area contributed by atoms with Crippen LogP contribution in [-0.2, 0) is 14.6 Å². The first-order valence-corrected chi connectivity index (χ1v) is 9.09. The van der Waals surface area contributed by atoms with Crippen molar-refractivity contribution in [1.29, 1.82) is 0 Å². The van der Waals surface area contributed by atoms with Crippen molar-refractivity contribution in [1.82, 2.24) is 15.5 Å². The smallest absolute Gasteiger partial charge is 0.257 e. The third kappa shape index (κ3) is 5.41. The fourth-order valence-corrected chi connectivity index (χ4v) is 2.44. The van der Waals surface area contributed by atoms with Gasteiger partial charge >= 0.3 is 0 Å². The number of carbonyl (C=O) groups excluding carboxylic acids is 1. The van der Waals surface area contributed by atoms with Gasteiger partial charge in [0.15, 0.2) is 6.61 Å². The number of nitrogens with one attached hydrogen (secondary N) is 2. The number of hydrogen-bond acceptors (Lipinski definition) is 5. The molecule has 1 amide bonds. The highest BCUT2D eigenvalue weighted by Gasteiger charge is 2.08. The van der Waals surface area contributed by atoms with Crippen LogP contribution in [0, 0.1) is 6.92 Å². The summed E-state index contributed by atoms with van der Waals surface area (Å²) in [7, 11) is -3.09. The zero-order valence-corrected chi connectivity index (χ0v) is 13.8. The van der Waals surface area contributed by atoms with Gasteiger partial charge in [-0.3, -0.25) is 9.89 Å². The third-order valence-electron chi connectivity index (χ3n) is 3.14. The lowest BCUT2D eigenvalue weighted by Crippen LogP contribution is -2.32. The van der Waals surface area contributed by atoms with Gasteiger partial charge in [0.25, 0.3) is 5.91 Å². The molecule has 2 rings (SSSR count). The van der Waals surface area contributed by atoms with Gasteiger partial charge in [-0.05, 0) is 24.6 Å². The Morgan fingerprint density at radius 2 is 2.17 bits per heavy atom. The lowest BCUT2D eigenvalue weighted by molar-refractivity contribution is -0.122. The number of H-pyrrole nitrogens is 1. The maximum Gasteiger partial charge on any atom is 0.257 e. The fourth-order valence-electron chi connectivity index (χ4n) is 1.97. The maximum atomic E-state index is 11.6. The summed E-state index contributed by atoms with van der Waals surface area (Å²) in [6, 6.07) is 7.33. The van der Waals surface area contributed by atoms with Crippen LogP contribution in [0.15, 0.2) is 30.5 Å². The topological polar surface area (TPSA) is 101 Å². The summed E-state index contributed by atoms with van der Waals surface area (Å²) in [6.07, 6.45) is 2.85. The molecule has 1 heterocycles. The summed E-state index contributed by atoms with van der Waals surface area (Å²) in [5.41, 5.74) is 2.85. The molecule has 23 heavy (non-hydrogen) atoms. The van der Waals surface area contributed by atoms with Crippen LogP contribution in [0.1, 0.15) is 5.69 Å². The van der Waals surface area contributed by atoms with Gasteiger partial charge in [-0.1, -0.05) is 12.1 Å². The molecule has 8 heteroatoms. The summed E-state index contributed by atoms with van der Waals surface area (Å²) in [6.45, 7) is 1.83. The van der Waals surface area contributed by atoms with Gasteiger partial charge in [-0.25, -0.2) is 8.42 Å². The highest BCUT2D eigenvalue weighted by atomic mass is 32.2. The molecule has 0 atom stereocenters. The Bertz CT molecular complexity index is 784. The van der Waals surface area contributed by atoms with Crippen molar-refractivity contribution in [2.75, 3.05) is 25.2 Å². The van der Waals surface area contributed by atoms with Crippen LogP contribution in [0.2, 0.25) is 0 Å². The first-order chi connectivity index (χ1) is 10.8. The first-order valence-electron chi connectivity index (χ1n) is 7.03. The second-order valence-corrected chi connectivity index (χ2v) is 7.46. The number of hydrogen-bond donors (Lipinski definition) is 2. The summed E-state index contributed by atoms with van der Waals surface area (Å²) in [5.74, 6) is 0.105. The average Bonchev–Trinajstić information content (AvgIpc) is 2.90. The van der Waals surface area contributed by atoms with E-state index in [2.05, 4.69) is 15.5 Å². The monoisotopic (exact) mass is 337 g/mol. The highest BCUT2D eigenvalue weighted by molar-refractivity contribution is 7.90. The molecule has 0 bridgehead atoms. The molecule has 0 aliphatic rings. The number of nitrogens with zero attached hydrogens (tertiary/aromatic N) is 1. The zero-order chi connectivity index (χ0) is 16.9. The van der Waals surface area contributed by atoms with Gasteiger partial charge < -0.3 is 10.1 Å². The second-order valence-electron chi connectivity index (χ2n) is 5.21. The van der Waals surface area contributed by atoms with Crippen LogP contribution < -0.4 is 10.1 Å². The number of ether oxygens (including phenoxy) is 1. The molecule has 124 valence electrons. The Morgan fingerprint density at radius 1 is 1.39 bits per heavy atom. The van der Waals surface area contributed by atoms with E-state index in [-0.39, 0.29) is 24.8 Å². The van der Waals surface area contributed by atoms with E-state index in [1.807, 2.05) is 25.1 Å². The number of carbonyl (C=O) groups is 1. The predicted molar refractivity (Wildman–Crippen MR) is 87.0 cm³/mol. The number of benzene rings is 1. The lowest BCUT2D eigenvalue weighted by Gasteiger charge is -2.08. The summed E-state index contributed by atoms with van der Waals surface area (Å²) >= 11 is 0. The van der Waals surface area contributed by atoms with Crippen molar-refractivity contribution >= 4 is 15.7 Å². The summed E-state index contributed by atoms with van der Waals surface area (Å²) in [5, 5.41) is 9.35. The molecule has 1 aromatic carbocycles. The van der Waals surface area contributed by atoms with Gasteiger partial charge in [0.2, 0.25) is 0 Å². The predicted octanol–water partition coefficient (Wildman–Crippen LogP) is 0.925. The van der Waals surface area contributed by atoms with Crippen LogP contribution in [0.25, 0.3) is 11.1 Å². The number of rotatable bonds is 7. The summed E-state index contributed by atoms with van der Waals surface area (Å²) < 4.78 is 27.4. The number of aromatic amines is 1. The van der Waals surface area contributed by atoms with Crippen molar-refractivity contribution in [2.45, 2.75) is 6.92 Å². The van der Waals surface area contributed by atoms with Crippen LogP contribution >= 0.6 is 0 Å². The van der Waals surface area contributed by atoms with Gasteiger partial charge in [-0.2, -0.15) is 5.10 Å².